The topological polar surface area (TPSA) is 91.3 Å². The Bertz CT molecular complexity index is 740. The van der Waals surface area contributed by atoms with Crippen molar-refractivity contribution in [2.24, 2.45) is 11.8 Å². The molecule has 1 saturated carbocycles. The lowest BCUT2D eigenvalue weighted by Crippen LogP contribution is -2.35. The number of hydrogen-bond donors (Lipinski definition) is 1. The molecule has 2 heterocycles. The number of fused-ring (bicyclic) bond motifs is 1. The molecule has 26 heavy (non-hydrogen) atoms. The molecule has 9 heteroatoms. The van der Waals surface area contributed by atoms with Crippen molar-refractivity contribution in [3.8, 4) is 0 Å². The van der Waals surface area contributed by atoms with Gasteiger partial charge in [0.1, 0.15) is 24.9 Å². The van der Waals surface area contributed by atoms with E-state index in [-0.39, 0.29) is 19.2 Å². The summed E-state index contributed by atoms with van der Waals surface area (Å²) in [6.45, 7) is -0.0522. The van der Waals surface area contributed by atoms with Gasteiger partial charge in [-0.3, -0.25) is 9.59 Å². The average molecular weight is 403 g/mol. The predicted octanol–water partition coefficient (Wildman–Crippen LogP) is 1.81. The second kappa shape index (κ2) is 7.07. The minimum absolute atomic E-state index is 0.0689. The number of carbonyl (C=O) groups is 2. The van der Waals surface area contributed by atoms with E-state index in [0.29, 0.717) is 22.0 Å². The van der Waals surface area contributed by atoms with Crippen molar-refractivity contribution < 1.29 is 33.6 Å². The summed E-state index contributed by atoms with van der Waals surface area (Å²) in [5.74, 6) is -1.58. The molecular formula is C17H16Cl2O7. The Balaban J connectivity index is 1.29. The first-order valence-electron chi connectivity index (χ1n) is 8.18. The minimum atomic E-state index is -0.928. The zero-order valence-electron chi connectivity index (χ0n) is 13.5. The highest BCUT2D eigenvalue weighted by atomic mass is 35.5. The van der Waals surface area contributed by atoms with E-state index < -0.39 is 42.4 Å². The van der Waals surface area contributed by atoms with Crippen LogP contribution in [0.3, 0.4) is 0 Å². The Labute approximate surface area is 159 Å². The van der Waals surface area contributed by atoms with Crippen molar-refractivity contribution in [3.63, 3.8) is 0 Å². The minimum Gasteiger partial charge on any atom is -0.463 e. The quantitative estimate of drug-likeness (QED) is 0.592. The van der Waals surface area contributed by atoms with Crippen molar-refractivity contribution in [2.75, 3.05) is 13.4 Å². The highest BCUT2D eigenvalue weighted by Gasteiger charge is 2.51. The number of carbonyl (C=O) groups excluding carboxylic acids is 2. The summed E-state index contributed by atoms with van der Waals surface area (Å²) < 4.78 is 21.0. The lowest BCUT2D eigenvalue weighted by molar-refractivity contribution is -0.163. The van der Waals surface area contributed by atoms with Crippen LogP contribution in [0, 0.1) is 11.8 Å². The van der Waals surface area contributed by atoms with Gasteiger partial charge in [-0.1, -0.05) is 23.2 Å². The second-order valence-electron chi connectivity index (χ2n) is 6.52. The third-order valence-corrected chi connectivity index (χ3v) is 5.55. The van der Waals surface area contributed by atoms with E-state index in [9.17, 15) is 14.7 Å². The van der Waals surface area contributed by atoms with Crippen molar-refractivity contribution in [2.45, 2.75) is 31.0 Å². The fourth-order valence-corrected chi connectivity index (χ4v) is 3.51. The SMILES string of the molecule is O=C(c1ccc(Cl)c(Cl)c1)C1C[C@@H]1C(=O)OC[C@H]1OC2OCO[C@@H]2[C@H]1O. The molecule has 1 aromatic carbocycles. The molecule has 0 radical (unpaired) electrons. The van der Waals surface area contributed by atoms with Gasteiger partial charge in [0.15, 0.2) is 18.9 Å². The molecule has 2 unspecified atom stereocenters. The summed E-state index contributed by atoms with van der Waals surface area (Å²) in [6.07, 6.45) is -2.42. The maximum Gasteiger partial charge on any atom is 0.309 e. The monoisotopic (exact) mass is 402 g/mol. The van der Waals surface area contributed by atoms with E-state index in [4.69, 9.17) is 42.1 Å². The summed E-state index contributed by atoms with van der Waals surface area (Å²) >= 11 is 11.8. The van der Waals surface area contributed by atoms with Crippen LogP contribution in [0.1, 0.15) is 16.8 Å². The first kappa shape index (κ1) is 18.2. The molecule has 0 bridgehead atoms. The number of benzene rings is 1. The zero-order chi connectivity index (χ0) is 18.4. The van der Waals surface area contributed by atoms with E-state index in [1.807, 2.05) is 0 Å². The highest BCUT2D eigenvalue weighted by molar-refractivity contribution is 6.42. The van der Waals surface area contributed by atoms with Crippen LogP contribution in [0.2, 0.25) is 10.0 Å². The molecule has 0 spiro atoms. The van der Waals surface area contributed by atoms with E-state index in [1.165, 1.54) is 6.07 Å². The van der Waals surface area contributed by atoms with Gasteiger partial charge in [-0.15, -0.1) is 0 Å². The van der Waals surface area contributed by atoms with Crippen molar-refractivity contribution in [1.29, 1.82) is 0 Å². The first-order valence-corrected chi connectivity index (χ1v) is 8.94. The number of halogens is 2. The number of rotatable bonds is 5. The second-order valence-corrected chi connectivity index (χ2v) is 7.34. The molecule has 2 aliphatic heterocycles. The summed E-state index contributed by atoms with van der Waals surface area (Å²) in [7, 11) is 0. The fraction of sp³-hybridized carbons (Fsp3) is 0.529. The van der Waals surface area contributed by atoms with Crippen LogP contribution in [0.15, 0.2) is 18.2 Å². The molecule has 1 aliphatic carbocycles. The predicted molar refractivity (Wildman–Crippen MR) is 88.8 cm³/mol. The lowest BCUT2D eigenvalue weighted by atomic mass is 10.1. The number of ether oxygens (including phenoxy) is 4. The molecule has 0 aromatic heterocycles. The lowest BCUT2D eigenvalue weighted by Gasteiger charge is -2.16. The van der Waals surface area contributed by atoms with Gasteiger partial charge in [0, 0.05) is 11.5 Å². The number of ketones is 1. The van der Waals surface area contributed by atoms with Crippen LogP contribution in [-0.4, -0.2) is 54.9 Å². The van der Waals surface area contributed by atoms with Crippen LogP contribution in [0.25, 0.3) is 0 Å². The molecule has 6 atom stereocenters. The van der Waals surface area contributed by atoms with E-state index >= 15 is 0 Å². The van der Waals surface area contributed by atoms with Gasteiger partial charge >= 0.3 is 5.97 Å². The normalized spacial score (nSPS) is 35.2. The van der Waals surface area contributed by atoms with Gasteiger partial charge in [0.2, 0.25) is 0 Å². The van der Waals surface area contributed by atoms with Crippen molar-refractivity contribution in [1.82, 2.24) is 0 Å². The summed E-state index contributed by atoms with van der Waals surface area (Å²) in [6, 6.07) is 4.62. The van der Waals surface area contributed by atoms with E-state index in [0.717, 1.165) is 0 Å². The summed E-state index contributed by atoms with van der Waals surface area (Å²) in [5.41, 5.74) is 0.413. The molecule has 0 amide bonds. The van der Waals surface area contributed by atoms with Gasteiger partial charge in [-0.2, -0.15) is 0 Å². The number of aliphatic hydroxyl groups excluding tert-OH is 1. The van der Waals surface area contributed by atoms with Gasteiger partial charge in [0.25, 0.3) is 0 Å². The van der Waals surface area contributed by atoms with Gasteiger partial charge in [-0.25, -0.2) is 0 Å². The first-order chi connectivity index (χ1) is 12.5. The Morgan fingerprint density at radius 2 is 2.00 bits per heavy atom. The van der Waals surface area contributed by atoms with Crippen LogP contribution in [0.4, 0.5) is 0 Å². The van der Waals surface area contributed by atoms with Crippen LogP contribution < -0.4 is 0 Å². The van der Waals surface area contributed by atoms with E-state index in [2.05, 4.69) is 0 Å². The molecule has 140 valence electrons. The Hall–Kier alpha value is -1.22. The van der Waals surface area contributed by atoms with Gasteiger partial charge in [0.05, 0.1) is 16.0 Å². The maximum absolute atomic E-state index is 12.4. The molecule has 1 N–H and O–H groups in total. The zero-order valence-corrected chi connectivity index (χ0v) is 15.0. The van der Waals surface area contributed by atoms with Crippen molar-refractivity contribution >= 4 is 35.0 Å². The average Bonchev–Trinajstić information content (AvgIpc) is 3.20. The largest absolute Gasteiger partial charge is 0.463 e. The molecule has 3 fully saturated rings. The van der Waals surface area contributed by atoms with E-state index in [1.54, 1.807) is 12.1 Å². The standard InChI is InChI=1S/C17H16Cl2O7/c18-10-2-1-7(3-11(10)19)13(20)8-4-9(8)16(22)23-5-12-14(21)15-17(26-12)25-6-24-15/h1-3,8-9,12,14-15,17,21H,4-6H2/t8?,9-,12+,14-,15+,17?/m0/s1. The molecule has 2 saturated heterocycles. The summed E-state index contributed by atoms with van der Waals surface area (Å²) in [5, 5.41) is 10.7. The number of aliphatic hydroxyl groups is 1. The van der Waals surface area contributed by atoms with Crippen LogP contribution >= 0.6 is 23.2 Å². The number of Topliss-reactive ketones (excluding diaryl/α,β-unsaturated/α-hetero) is 1. The molecular weight excluding hydrogens is 387 g/mol. The fourth-order valence-electron chi connectivity index (χ4n) is 3.22. The molecule has 1 aromatic rings. The Morgan fingerprint density at radius 3 is 2.73 bits per heavy atom. The maximum atomic E-state index is 12.4. The summed E-state index contributed by atoms with van der Waals surface area (Å²) in [4.78, 5) is 24.6. The third kappa shape index (κ3) is 3.35. The van der Waals surface area contributed by atoms with Gasteiger partial charge in [-0.05, 0) is 24.6 Å². The number of esters is 1. The van der Waals surface area contributed by atoms with Crippen molar-refractivity contribution in [3.05, 3.63) is 33.8 Å². The Morgan fingerprint density at radius 1 is 1.19 bits per heavy atom. The van der Waals surface area contributed by atoms with Gasteiger partial charge < -0.3 is 24.1 Å². The molecule has 3 aliphatic rings. The Kier molecular flexibility index (Phi) is 4.94. The highest BCUT2D eigenvalue weighted by Crippen LogP contribution is 2.42. The van der Waals surface area contributed by atoms with Crippen LogP contribution in [-0.2, 0) is 23.7 Å². The smallest absolute Gasteiger partial charge is 0.309 e. The molecule has 7 nitrogen and oxygen atoms in total. The number of hydrogen-bond acceptors (Lipinski definition) is 7. The van der Waals surface area contributed by atoms with Crippen LogP contribution in [0.5, 0.6) is 0 Å². The third-order valence-electron chi connectivity index (χ3n) is 4.81. The molecule has 4 rings (SSSR count).